The Balaban J connectivity index is 1.35. The van der Waals surface area contributed by atoms with Gasteiger partial charge in [0.2, 0.25) is 0 Å². The maximum Gasteiger partial charge on any atom is 0.191 e. The molecule has 1 aliphatic rings. The number of piperidine rings is 1. The lowest BCUT2D eigenvalue weighted by Crippen LogP contribution is -2.40. The number of rotatable bonds is 10. The minimum Gasteiger partial charge on any atom is -0.468 e. The summed E-state index contributed by atoms with van der Waals surface area (Å²) in [5.74, 6) is 2.91. The molecule has 176 valence electrons. The molecule has 4 rings (SSSR count). The van der Waals surface area contributed by atoms with Gasteiger partial charge in [-0.1, -0.05) is 36.8 Å². The van der Waals surface area contributed by atoms with Gasteiger partial charge in [0, 0.05) is 38.4 Å². The number of guanidine groups is 1. The van der Waals surface area contributed by atoms with Crippen LogP contribution in [0.5, 0.6) is 0 Å². The first-order valence-electron chi connectivity index (χ1n) is 12.2. The van der Waals surface area contributed by atoms with Gasteiger partial charge in [-0.15, -0.1) is 0 Å². The van der Waals surface area contributed by atoms with Crippen LogP contribution in [0.3, 0.4) is 0 Å². The highest BCUT2D eigenvalue weighted by Crippen LogP contribution is 2.25. The Morgan fingerprint density at radius 1 is 1.09 bits per heavy atom. The number of likely N-dealkylation sites (tertiary alicyclic amines) is 1. The fraction of sp³-hybridized carbons (Fsp3) is 0.462. The fourth-order valence-corrected chi connectivity index (χ4v) is 4.40. The molecular weight excluding hydrogens is 412 g/mol. The number of nitrogens with one attached hydrogen (secondary N) is 2. The Hall–Kier alpha value is -3.06. The minimum absolute atomic E-state index is 0.181. The SMILES string of the molecule is CCNC(=NCC(c1ccco1)N1CCCCC1)NCCc1nccn1Cc1ccccc1. The van der Waals surface area contributed by atoms with Gasteiger partial charge in [0.1, 0.15) is 11.6 Å². The van der Waals surface area contributed by atoms with Crippen molar-refractivity contribution in [2.24, 2.45) is 4.99 Å². The summed E-state index contributed by atoms with van der Waals surface area (Å²) in [6.07, 6.45) is 10.3. The number of benzene rings is 1. The number of imidazole rings is 1. The van der Waals surface area contributed by atoms with E-state index in [0.717, 1.165) is 56.7 Å². The van der Waals surface area contributed by atoms with Crippen molar-refractivity contribution in [3.05, 3.63) is 78.3 Å². The third-order valence-corrected chi connectivity index (χ3v) is 6.11. The molecule has 1 aromatic carbocycles. The van der Waals surface area contributed by atoms with Crippen LogP contribution in [0.2, 0.25) is 0 Å². The molecule has 1 saturated heterocycles. The average Bonchev–Trinajstić information content (AvgIpc) is 3.53. The van der Waals surface area contributed by atoms with E-state index >= 15 is 0 Å². The molecule has 1 atom stereocenters. The van der Waals surface area contributed by atoms with Crippen LogP contribution in [-0.2, 0) is 13.0 Å². The second kappa shape index (κ2) is 12.3. The van der Waals surface area contributed by atoms with Gasteiger partial charge in [-0.3, -0.25) is 9.89 Å². The van der Waals surface area contributed by atoms with Crippen LogP contribution in [0.25, 0.3) is 0 Å². The van der Waals surface area contributed by atoms with Gasteiger partial charge in [-0.2, -0.15) is 0 Å². The molecule has 1 unspecified atom stereocenters. The Labute approximate surface area is 196 Å². The Morgan fingerprint density at radius 2 is 1.94 bits per heavy atom. The van der Waals surface area contributed by atoms with Crippen molar-refractivity contribution < 1.29 is 4.42 Å². The van der Waals surface area contributed by atoms with E-state index in [4.69, 9.17) is 9.41 Å². The zero-order chi connectivity index (χ0) is 22.7. The van der Waals surface area contributed by atoms with Gasteiger partial charge in [0.25, 0.3) is 0 Å². The van der Waals surface area contributed by atoms with E-state index < -0.39 is 0 Å². The molecular formula is C26H36N6O. The van der Waals surface area contributed by atoms with Crippen molar-refractivity contribution in [2.45, 2.75) is 45.2 Å². The molecule has 3 heterocycles. The van der Waals surface area contributed by atoms with Crippen LogP contribution in [0.15, 0.2) is 70.5 Å². The highest BCUT2D eigenvalue weighted by molar-refractivity contribution is 5.79. The number of hydrogen-bond donors (Lipinski definition) is 2. The maximum absolute atomic E-state index is 5.77. The Morgan fingerprint density at radius 3 is 2.70 bits per heavy atom. The van der Waals surface area contributed by atoms with E-state index in [1.165, 1.54) is 24.8 Å². The van der Waals surface area contributed by atoms with Crippen LogP contribution in [0, 0.1) is 0 Å². The van der Waals surface area contributed by atoms with Crippen molar-refractivity contribution in [3.63, 3.8) is 0 Å². The van der Waals surface area contributed by atoms with Crippen molar-refractivity contribution in [3.8, 4) is 0 Å². The zero-order valence-corrected chi connectivity index (χ0v) is 19.6. The average molecular weight is 449 g/mol. The predicted molar refractivity (Wildman–Crippen MR) is 132 cm³/mol. The number of hydrogen-bond acceptors (Lipinski definition) is 4. The summed E-state index contributed by atoms with van der Waals surface area (Å²) in [4.78, 5) is 12.0. The number of furan rings is 1. The summed E-state index contributed by atoms with van der Waals surface area (Å²) in [5, 5.41) is 6.87. The zero-order valence-electron chi connectivity index (χ0n) is 19.6. The highest BCUT2D eigenvalue weighted by Gasteiger charge is 2.24. The van der Waals surface area contributed by atoms with Crippen LogP contribution < -0.4 is 10.6 Å². The molecule has 0 radical (unpaired) electrons. The Bertz CT molecular complexity index is 960. The van der Waals surface area contributed by atoms with Gasteiger partial charge in [-0.05, 0) is 50.6 Å². The quantitative estimate of drug-likeness (QED) is 0.364. The van der Waals surface area contributed by atoms with Gasteiger partial charge in [0.05, 0.1) is 18.8 Å². The van der Waals surface area contributed by atoms with Crippen LogP contribution in [0.4, 0.5) is 0 Å². The first-order chi connectivity index (χ1) is 16.3. The molecule has 7 nitrogen and oxygen atoms in total. The van der Waals surface area contributed by atoms with Gasteiger partial charge in [-0.25, -0.2) is 4.98 Å². The second-order valence-corrected chi connectivity index (χ2v) is 8.48. The molecule has 2 N–H and O–H groups in total. The monoisotopic (exact) mass is 448 g/mol. The fourth-order valence-electron chi connectivity index (χ4n) is 4.40. The van der Waals surface area contributed by atoms with Crippen LogP contribution in [0.1, 0.15) is 49.4 Å². The lowest BCUT2D eigenvalue weighted by Gasteiger charge is -2.32. The van der Waals surface area contributed by atoms with Gasteiger partial charge in [0.15, 0.2) is 5.96 Å². The molecule has 1 fully saturated rings. The van der Waals surface area contributed by atoms with Gasteiger partial charge < -0.3 is 19.6 Å². The van der Waals surface area contributed by atoms with E-state index in [1.54, 1.807) is 6.26 Å². The van der Waals surface area contributed by atoms with Crippen molar-refractivity contribution in [1.29, 1.82) is 0 Å². The normalized spacial score (nSPS) is 16.0. The van der Waals surface area contributed by atoms with Crippen molar-refractivity contribution >= 4 is 5.96 Å². The van der Waals surface area contributed by atoms with Crippen molar-refractivity contribution in [1.82, 2.24) is 25.1 Å². The van der Waals surface area contributed by atoms with E-state index in [0.29, 0.717) is 6.54 Å². The van der Waals surface area contributed by atoms with E-state index in [1.807, 2.05) is 24.5 Å². The van der Waals surface area contributed by atoms with Crippen LogP contribution in [-0.4, -0.2) is 53.1 Å². The van der Waals surface area contributed by atoms with Crippen molar-refractivity contribution in [2.75, 3.05) is 32.7 Å². The van der Waals surface area contributed by atoms with Crippen LogP contribution >= 0.6 is 0 Å². The molecule has 33 heavy (non-hydrogen) atoms. The van der Waals surface area contributed by atoms with Gasteiger partial charge >= 0.3 is 0 Å². The predicted octanol–water partition coefficient (Wildman–Crippen LogP) is 3.85. The second-order valence-electron chi connectivity index (χ2n) is 8.48. The number of nitrogens with zero attached hydrogens (tertiary/aromatic N) is 4. The lowest BCUT2D eigenvalue weighted by atomic mass is 10.1. The molecule has 3 aromatic rings. The number of aliphatic imine (C=N–C) groups is 1. The minimum atomic E-state index is 0.181. The smallest absolute Gasteiger partial charge is 0.191 e. The molecule has 1 aliphatic heterocycles. The highest BCUT2D eigenvalue weighted by atomic mass is 16.3. The standard InChI is InChI=1S/C26H36N6O/c1-2-27-26(30-20-23(24-12-9-19-33-24)31-16-7-4-8-17-31)29-14-13-25-28-15-18-32(25)21-22-10-5-3-6-11-22/h3,5-6,9-12,15,18-19,23H,2,4,7-8,13-14,16-17,20-21H2,1H3,(H2,27,29,30). The first kappa shape index (κ1) is 23.1. The Kier molecular flexibility index (Phi) is 8.58. The molecule has 7 heteroatoms. The van der Waals surface area contributed by atoms with E-state index in [-0.39, 0.29) is 6.04 Å². The summed E-state index contributed by atoms with van der Waals surface area (Å²) in [6, 6.07) is 14.7. The summed E-state index contributed by atoms with van der Waals surface area (Å²) >= 11 is 0. The summed E-state index contributed by atoms with van der Waals surface area (Å²) in [6.45, 7) is 7.41. The third-order valence-electron chi connectivity index (χ3n) is 6.11. The molecule has 0 saturated carbocycles. The topological polar surface area (TPSA) is 70.6 Å². The largest absolute Gasteiger partial charge is 0.468 e. The van der Waals surface area contributed by atoms with E-state index in [2.05, 4.69) is 62.3 Å². The molecule has 0 bridgehead atoms. The molecule has 0 amide bonds. The number of aromatic nitrogens is 2. The van der Waals surface area contributed by atoms with E-state index in [9.17, 15) is 0 Å². The molecule has 0 spiro atoms. The lowest BCUT2D eigenvalue weighted by molar-refractivity contribution is 0.150. The summed E-state index contributed by atoms with van der Waals surface area (Å²) in [7, 11) is 0. The first-order valence-corrected chi connectivity index (χ1v) is 12.2. The molecule has 0 aliphatic carbocycles. The molecule has 2 aromatic heterocycles. The summed E-state index contributed by atoms with van der Waals surface area (Å²) < 4.78 is 7.98. The summed E-state index contributed by atoms with van der Waals surface area (Å²) in [5.41, 5.74) is 1.28. The third kappa shape index (κ3) is 6.71. The maximum atomic E-state index is 5.77.